The van der Waals surface area contributed by atoms with Gasteiger partial charge in [-0.05, 0) is 55.2 Å². The van der Waals surface area contributed by atoms with E-state index in [0.717, 1.165) is 22.1 Å². The minimum Gasteiger partial charge on any atom is -0.497 e. The van der Waals surface area contributed by atoms with Crippen LogP contribution >= 0.6 is 0 Å². The Kier molecular flexibility index (Phi) is 6.77. The van der Waals surface area contributed by atoms with Crippen LogP contribution in [0.25, 0.3) is 10.8 Å². The Hall–Kier alpha value is -2.83. The maximum absolute atomic E-state index is 12.2. The average molecular weight is 361 g/mol. The Bertz CT molecular complexity index is 776. The molecule has 0 saturated carbocycles. The predicted octanol–water partition coefficient (Wildman–Crippen LogP) is 3.87. The molecule has 2 aromatic carbocycles. The SMILES string of the molecule is COc1ccc2cc([C@H](C)C(=O)OCCCC(C)O[N+](=O)[O-])ccc2c1. The molecule has 2 rings (SSSR count). The molecule has 7 nitrogen and oxygen atoms in total. The van der Waals surface area contributed by atoms with Crippen molar-refractivity contribution < 1.29 is 24.2 Å². The topological polar surface area (TPSA) is 87.9 Å². The summed E-state index contributed by atoms with van der Waals surface area (Å²) in [5.41, 5.74) is 0.873. The minimum atomic E-state index is -0.811. The third-order valence-electron chi connectivity index (χ3n) is 4.19. The number of methoxy groups -OCH3 is 1. The Labute approximate surface area is 152 Å². The first kappa shape index (κ1) is 19.5. The first-order valence-corrected chi connectivity index (χ1v) is 8.46. The highest BCUT2D eigenvalue weighted by Gasteiger charge is 2.17. The number of esters is 1. The standard InChI is InChI=1S/C19H23NO6/c1-13(26-20(22)23)5-4-10-25-19(21)14(2)15-6-7-17-12-18(24-3)9-8-16(17)11-15/h6-9,11-14H,4-5,10H2,1-3H3/t13?,14-/m0/s1. The molecule has 0 bridgehead atoms. The number of carbonyl (C=O) groups is 1. The van der Waals surface area contributed by atoms with Crippen LogP contribution in [0.4, 0.5) is 0 Å². The van der Waals surface area contributed by atoms with E-state index in [-0.39, 0.29) is 12.6 Å². The van der Waals surface area contributed by atoms with Gasteiger partial charge >= 0.3 is 5.97 Å². The highest BCUT2D eigenvalue weighted by atomic mass is 17.0. The lowest BCUT2D eigenvalue weighted by atomic mass is 9.98. The third-order valence-corrected chi connectivity index (χ3v) is 4.19. The Balaban J connectivity index is 1.89. The second kappa shape index (κ2) is 9.03. The van der Waals surface area contributed by atoms with E-state index in [2.05, 4.69) is 4.84 Å². The highest BCUT2D eigenvalue weighted by Crippen LogP contribution is 2.25. The van der Waals surface area contributed by atoms with Crippen LogP contribution in [0.2, 0.25) is 0 Å². The van der Waals surface area contributed by atoms with Gasteiger partial charge in [0.25, 0.3) is 5.09 Å². The zero-order chi connectivity index (χ0) is 19.1. The second-order valence-corrected chi connectivity index (χ2v) is 6.14. The second-order valence-electron chi connectivity index (χ2n) is 6.14. The minimum absolute atomic E-state index is 0.208. The lowest BCUT2D eigenvalue weighted by molar-refractivity contribution is -0.767. The van der Waals surface area contributed by atoms with Crippen molar-refractivity contribution in [1.29, 1.82) is 0 Å². The van der Waals surface area contributed by atoms with Gasteiger partial charge in [0.1, 0.15) is 11.9 Å². The van der Waals surface area contributed by atoms with Gasteiger partial charge in [0.2, 0.25) is 0 Å². The molecule has 0 aromatic heterocycles. The molecule has 0 fully saturated rings. The lowest BCUT2D eigenvalue weighted by Gasteiger charge is -2.14. The fourth-order valence-corrected chi connectivity index (χ4v) is 2.64. The third kappa shape index (κ3) is 5.34. The summed E-state index contributed by atoms with van der Waals surface area (Å²) in [7, 11) is 1.62. The van der Waals surface area contributed by atoms with Crippen LogP contribution in [0.1, 0.15) is 38.2 Å². The molecule has 0 aliphatic rings. The number of rotatable bonds is 9. The van der Waals surface area contributed by atoms with Crippen LogP contribution in [0.3, 0.4) is 0 Å². The van der Waals surface area contributed by atoms with Crippen LogP contribution < -0.4 is 4.74 Å². The molecule has 0 aliphatic carbocycles. The van der Waals surface area contributed by atoms with Crippen LogP contribution in [0, 0.1) is 10.1 Å². The van der Waals surface area contributed by atoms with E-state index in [9.17, 15) is 14.9 Å². The average Bonchev–Trinajstić information content (AvgIpc) is 2.62. The molecule has 0 amide bonds. The maximum atomic E-state index is 12.2. The number of carbonyl (C=O) groups excluding carboxylic acids is 1. The number of hydrogen-bond acceptors (Lipinski definition) is 6. The quantitative estimate of drug-likeness (QED) is 0.291. The van der Waals surface area contributed by atoms with E-state index in [4.69, 9.17) is 9.47 Å². The van der Waals surface area contributed by atoms with Gasteiger partial charge in [0.15, 0.2) is 0 Å². The number of fused-ring (bicyclic) bond motifs is 1. The number of nitrogens with zero attached hydrogens (tertiary/aromatic N) is 1. The number of benzene rings is 2. The normalized spacial score (nSPS) is 13.0. The van der Waals surface area contributed by atoms with E-state index in [1.807, 2.05) is 36.4 Å². The molecular formula is C19H23NO6. The fourth-order valence-electron chi connectivity index (χ4n) is 2.64. The summed E-state index contributed by atoms with van der Waals surface area (Å²) in [5, 5.41) is 11.5. The summed E-state index contributed by atoms with van der Waals surface area (Å²) in [6.45, 7) is 3.61. The molecule has 2 atom stereocenters. The fraction of sp³-hybridized carbons (Fsp3) is 0.421. The van der Waals surface area contributed by atoms with Gasteiger partial charge in [0.05, 0.1) is 19.6 Å². The molecule has 1 unspecified atom stereocenters. The highest BCUT2D eigenvalue weighted by molar-refractivity contribution is 5.86. The molecule has 7 heteroatoms. The van der Waals surface area contributed by atoms with Gasteiger partial charge in [-0.3, -0.25) is 4.79 Å². The first-order valence-electron chi connectivity index (χ1n) is 8.46. The number of ether oxygens (including phenoxy) is 2. The van der Waals surface area contributed by atoms with Crippen molar-refractivity contribution in [3.63, 3.8) is 0 Å². The van der Waals surface area contributed by atoms with Crippen molar-refractivity contribution in [2.45, 2.75) is 38.7 Å². The molecule has 140 valence electrons. The van der Waals surface area contributed by atoms with Crippen molar-refractivity contribution in [2.24, 2.45) is 0 Å². The summed E-state index contributed by atoms with van der Waals surface area (Å²) in [6.07, 6.45) is 0.435. The van der Waals surface area contributed by atoms with Gasteiger partial charge in [0, 0.05) is 0 Å². The van der Waals surface area contributed by atoms with E-state index < -0.39 is 17.1 Å². The van der Waals surface area contributed by atoms with Crippen molar-refractivity contribution in [1.82, 2.24) is 0 Å². The largest absolute Gasteiger partial charge is 0.497 e. The van der Waals surface area contributed by atoms with Gasteiger partial charge in [-0.1, -0.05) is 24.3 Å². The van der Waals surface area contributed by atoms with Crippen molar-refractivity contribution in [2.75, 3.05) is 13.7 Å². The van der Waals surface area contributed by atoms with Crippen molar-refractivity contribution >= 4 is 16.7 Å². The summed E-state index contributed by atoms with van der Waals surface area (Å²) in [4.78, 5) is 26.8. The van der Waals surface area contributed by atoms with Crippen LogP contribution in [-0.4, -0.2) is 30.9 Å². The molecule has 0 radical (unpaired) electrons. The molecule has 26 heavy (non-hydrogen) atoms. The molecule has 0 heterocycles. The summed E-state index contributed by atoms with van der Waals surface area (Å²) >= 11 is 0. The van der Waals surface area contributed by atoms with Crippen LogP contribution in [0.15, 0.2) is 36.4 Å². The van der Waals surface area contributed by atoms with E-state index in [1.54, 1.807) is 21.0 Å². The molecule has 0 aliphatic heterocycles. The molecule has 0 spiro atoms. The maximum Gasteiger partial charge on any atom is 0.313 e. The molecule has 2 aromatic rings. The van der Waals surface area contributed by atoms with Gasteiger partial charge in [-0.2, -0.15) is 0 Å². The summed E-state index contributed by atoms with van der Waals surface area (Å²) in [6, 6.07) is 11.6. The van der Waals surface area contributed by atoms with Crippen molar-refractivity contribution in [3.05, 3.63) is 52.1 Å². The first-order chi connectivity index (χ1) is 12.4. The summed E-state index contributed by atoms with van der Waals surface area (Å²) in [5.74, 6) is 0.0719. The van der Waals surface area contributed by atoms with E-state index in [1.165, 1.54) is 0 Å². The van der Waals surface area contributed by atoms with E-state index >= 15 is 0 Å². The Morgan fingerprint density at radius 1 is 1.15 bits per heavy atom. The lowest BCUT2D eigenvalue weighted by Crippen LogP contribution is -2.16. The van der Waals surface area contributed by atoms with Crippen LogP contribution in [-0.2, 0) is 14.4 Å². The van der Waals surface area contributed by atoms with Gasteiger partial charge < -0.3 is 14.3 Å². The molecular weight excluding hydrogens is 338 g/mol. The molecule has 0 N–H and O–H groups in total. The summed E-state index contributed by atoms with van der Waals surface area (Å²) < 4.78 is 10.5. The van der Waals surface area contributed by atoms with Crippen molar-refractivity contribution in [3.8, 4) is 5.75 Å². The Morgan fingerprint density at radius 2 is 1.85 bits per heavy atom. The van der Waals surface area contributed by atoms with Crippen LogP contribution in [0.5, 0.6) is 5.75 Å². The number of hydrogen-bond donors (Lipinski definition) is 0. The zero-order valence-corrected chi connectivity index (χ0v) is 15.1. The van der Waals surface area contributed by atoms with E-state index in [0.29, 0.717) is 12.8 Å². The van der Waals surface area contributed by atoms with Gasteiger partial charge in [-0.15, -0.1) is 10.1 Å². The Morgan fingerprint density at radius 3 is 2.54 bits per heavy atom. The zero-order valence-electron chi connectivity index (χ0n) is 15.1. The smallest absolute Gasteiger partial charge is 0.313 e. The predicted molar refractivity (Wildman–Crippen MR) is 96.6 cm³/mol. The van der Waals surface area contributed by atoms with Gasteiger partial charge in [-0.25, -0.2) is 0 Å². The monoisotopic (exact) mass is 361 g/mol. The molecule has 0 saturated heterocycles.